The van der Waals surface area contributed by atoms with E-state index in [0.717, 1.165) is 16.9 Å². The van der Waals surface area contributed by atoms with Gasteiger partial charge in [-0.3, -0.25) is 9.59 Å². The SMILES string of the molecule is CCSCC[C@@H](N)C(O)C(=O)N(N)C(=O)c1cccc2ccccc12. The highest BCUT2D eigenvalue weighted by molar-refractivity contribution is 7.99. The molecule has 0 radical (unpaired) electrons. The fourth-order valence-electron chi connectivity index (χ4n) is 2.49. The minimum Gasteiger partial charge on any atom is -0.382 e. The fraction of sp³-hybridized carbons (Fsp3) is 0.333. The van der Waals surface area contributed by atoms with Crippen molar-refractivity contribution in [3.63, 3.8) is 0 Å². The molecular weight excluding hydrogens is 338 g/mol. The number of carbonyl (C=O) groups excluding carboxylic acids is 2. The van der Waals surface area contributed by atoms with Crippen molar-refractivity contribution in [2.75, 3.05) is 11.5 Å². The number of hydrazine groups is 1. The Labute approximate surface area is 151 Å². The number of aliphatic hydroxyl groups excluding tert-OH is 1. The Kier molecular flexibility index (Phi) is 6.95. The van der Waals surface area contributed by atoms with Crippen molar-refractivity contribution in [1.29, 1.82) is 0 Å². The normalized spacial score (nSPS) is 13.4. The van der Waals surface area contributed by atoms with E-state index in [2.05, 4.69) is 0 Å². The summed E-state index contributed by atoms with van der Waals surface area (Å²) in [6.45, 7) is 2.02. The van der Waals surface area contributed by atoms with E-state index in [4.69, 9.17) is 11.6 Å². The van der Waals surface area contributed by atoms with Crippen LogP contribution in [0.15, 0.2) is 42.5 Å². The van der Waals surface area contributed by atoms with Crippen LogP contribution in [0.4, 0.5) is 0 Å². The summed E-state index contributed by atoms with van der Waals surface area (Å²) in [5.41, 5.74) is 6.15. The molecule has 6 nitrogen and oxygen atoms in total. The number of carbonyl (C=O) groups is 2. The highest BCUT2D eigenvalue weighted by Crippen LogP contribution is 2.19. The number of amides is 2. The molecule has 2 aromatic rings. The van der Waals surface area contributed by atoms with Gasteiger partial charge in [-0.05, 0) is 34.8 Å². The van der Waals surface area contributed by atoms with Crippen LogP contribution in [0.1, 0.15) is 23.7 Å². The molecule has 25 heavy (non-hydrogen) atoms. The zero-order chi connectivity index (χ0) is 18.4. The maximum Gasteiger partial charge on any atom is 0.275 e. The molecule has 134 valence electrons. The Morgan fingerprint density at radius 1 is 1.20 bits per heavy atom. The van der Waals surface area contributed by atoms with E-state index in [1.807, 2.05) is 25.1 Å². The summed E-state index contributed by atoms with van der Waals surface area (Å²) in [4.78, 5) is 24.9. The summed E-state index contributed by atoms with van der Waals surface area (Å²) in [6.07, 6.45) is -1.05. The van der Waals surface area contributed by atoms with Gasteiger partial charge < -0.3 is 10.8 Å². The first kappa shape index (κ1) is 19.4. The van der Waals surface area contributed by atoms with Crippen molar-refractivity contribution in [2.24, 2.45) is 11.6 Å². The van der Waals surface area contributed by atoms with Gasteiger partial charge in [-0.1, -0.05) is 43.3 Å². The van der Waals surface area contributed by atoms with Crippen LogP contribution >= 0.6 is 11.8 Å². The number of imide groups is 1. The number of fused-ring (bicyclic) bond motifs is 1. The highest BCUT2D eigenvalue weighted by atomic mass is 32.2. The lowest BCUT2D eigenvalue weighted by Gasteiger charge is -2.23. The van der Waals surface area contributed by atoms with Crippen LogP contribution in [0.25, 0.3) is 10.8 Å². The van der Waals surface area contributed by atoms with Gasteiger partial charge in [0.25, 0.3) is 11.8 Å². The van der Waals surface area contributed by atoms with Gasteiger partial charge in [-0.25, -0.2) is 10.9 Å². The fourth-order valence-corrected chi connectivity index (χ4v) is 3.22. The topological polar surface area (TPSA) is 110 Å². The van der Waals surface area contributed by atoms with Crippen LogP contribution in [0.5, 0.6) is 0 Å². The van der Waals surface area contributed by atoms with Crippen molar-refractivity contribution >= 4 is 34.3 Å². The van der Waals surface area contributed by atoms with Crippen molar-refractivity contribution < 1.29 is 14.7 Å². The third kappa shape index (κ3) is 4.58. The van der Waals surface area contributed by atoms with E-state index in [0.29, 0.717) is 22.4 Å². The molecule has 0 bridgehead atoms. The minimum atomic E-state index is -1.51. The van der Waals surface area contributed by atoms with Gasteiger partial charge in [0.05, 0.1) is 0 Å². The second-order valence-electron chi connectivity index (χ2n) is 5.63. The lowest BCUT2D eigenvalue weighted by atomic mass is 10.0. The predicted molar refractivity (Wildman–Crippen MR) is 101 cm³/mol. The van der Waals surface area contributed by atoms with E-state index in [1.165, 1.54) is 0 Å². The summed E-state index contributed by atoms with van der Waals surface area (Å²) < 4.78 is 0. The average molecular weight is 361 g/mol. The second-order valence-corrected chi connectivity index (χ2v) is 7.03. The third-order valence-corrected chi connectivity index (χ3v) is 4.87. The smallest absolute Gasteiger partial charge is 0.275 e. The lowest BCUT2D eigenvalue weighted by Crippen LogP contribution is -2.53. The summed E-state index contributed by atoms with van der Waals surface area (Å²) in [6, 6.07) is 11.7. The van der Waals surface area contributed by atoms with Gasteiger partial charge in [0.15, 0.2) is 0 Å². The number of nitrogens with zero attached hydrogens (tertiary/aromatic N) is 1. The van der Waals surface area contributed by atoms with Gasteiger partial charge in [-0.2, -0.15) is 11.8 Å². The van der Waals surface area contributed by atoms with E-state index in [9.17, 15) is 14.7 Å². The second kappa shape index (κ2) is 8.96. The Morgan fingerprint density at radius 3 is 2.60 bits per heavy atom. The van der Waals surface area contributed by atoms with E-state index in [1.54, 1.807) is 36.0 Å². The number of hydrogen-bond donors (Lipinski definition) is 3. The van der Waals surface area contributed by atoms with E-state index in [-0.39, 0.29) is 0 Å². The van der Waals surface area contributed by atoms with Crippen LogP contribution in [0.2, 0.25) is 0 Å². The summed E-state index contributed by atoms with van der Waals surface area (Å²) in [5, 5.41) is 12.1. The number of hydrogen-bond acceptors (Lipinski definition) is 6. The molecule has 0 aliphatic carbocycles. The lowest BCUT2D eigenvalue weighted by molar-refractivity contribution is -0.138. The van der Waals surface area contributed by atoms with Crippen molar-refractivity contribution in [1.82, 2.24) is 5.01 Å². The number of aliphatic hydroxyl groups is 1. The Hall–Kier alpha value is -1.93. The molecule has 7 heteroatoms. The maximum atomic E-state index is 12.6. The van der Waals surface area contributed by atoms with Gasteiger partial charge in [-0.15, -0.1) is 0 Å². The number of rotatable bonds is 7. The average Bonchev–Trinajstić information content (AvgIpc) is 2.65. The Balaban J connectivity index is 2.14. The van der Waals surface area contributed by atoms with Crippen LogP contribution in [-0.4, -0.2) is 45.6 Å². The van der Waals surface area contributed by atoms with E-state index < -0.39 is 24.0 Å². The van der Waals surface area contributed by atoms with E-state index >= 15 is 0 Å². The molecule has 1 unspecified atom stereocenters. The molecule has 0 aromatic heterocycles. The molecule has 0 saturated carbocycles. The summed E-state index contributed by atoms with van der Waals surface area (Å²) in [5.74, 6) is 5.78. The first-order chi connectivity index (χ1) is 12.0. The molecule has 2 aromatic carbocycles. The van der Waals surface area contributed by atoms with Crippen LogP contribution in [-0.2, 0) is 4.79 Å². The summed E-state index contributed by atoms with van der Waals surface area (Å²) >= 11 is 1.66. The largest absolute Gasteiger partial charge is 0.382 e. The molecule has 2 atom stereocenters. The molecule has 2 amide bonds. The van der Waals surface area contributed by atoms with Crippen molar-refractivity contribution in [2.45, 2.75) is 25.5 Å². The van der Waals surface area contributed by atoms with Crippen molar-refractivity contribution in [3.05, 3.63) is 48.0 Å². The molecule has 2 rings (SSSR count). The number of thioether (sulfide) groups is 1. The standard InChI is InChI=1S/C18H23N3O3S/c1-2-25-11-10-15(19)16(22)18(24)21(20)17(23)14-9-5-7-12-6-3-4-8-13(12)14/h3-9,15-16,22H,2,10-11,19-20H2,1H3/t15-,16?/m1/s1. The number of nitrogens with two attached hydrogens (primary N) is 2. The van der Waals surface area contributed by atoms with Crippen LogP contribution in [0.3, 0.4) is 0 Å². The quantitative estimate of drug-likeness (QED) is 0.298. The van der Waals surface area contributed by atoms with Crippen LogP contribution in [0, 0.1) is 0 Å². The first-order valence-corrected chi connectivity index (χ1v) is 9.25. The van der Waals surface area contributed by atoms with Gasteiger partial charge in [0, 0.05) is 11.6 Å². The van der Waals surface area contributed by atoms with Gasteiger partial charge in [0.2, 0.25) is 0 Å². The molecule has 5 N–H and O–H groups in total. The Morgan fingerprint density at radius 2 is 1.88 bits per heavy atom. The Bertz CT molecular complexity index is 748. The number of benzene rings is 2. The highest BCUT2D eigenvalue weighted by Gasteiger charge is 2.30. The monoisotopic (exact) mass is 361 g/mol. The molecule has 0 aliphatic rings. The molecule has 0 aliphatic heterocycles. The molecular formula is C18H23N3O3S. The molecule has 0 fully saturated rings. The van der Waals surface area contributed by atoms with Gasteiger partial charge in [0.1, 0.15) is 6.10 Å². The molecule has 0 saturated heterocycles. The third-order valence-electron chi connectivity index (χ3n) is 3.93. The summed E-state index contributed by atoms with van der Waals surface area (Å²) in [7, 11) is 0. The predicted octanol–water partition coefficient (Wildman–Crippen LogP) is 1.51. The van der Waals surface area contributed by atoms with Crippen LogP contribution < -0.4 is 11.6 Å². The first-order valence-electron chi connectivity index (χ1n) is 8.09. The molecule has 0 heterocycles. The minimum absolute atomic E-state index is 0.302. The molecule has 0 spiro atoms. The zero-order valence-electron chi connectivity index (χ0n) is 14.1. The van der Waals surface area contributed by atoms with Gasteiger partial charge >= 0.3 is 0 Å². The maximum absolute atomic E-state index is 12.6. The van der Waals surface area contributed by atoms with Crippen molar-refractivity contribution in [3.8, 4) is 0 Å². The zero-order valence-corrected chi connectivity index (χ0v) is 14.9.